The molecule has 157 valence electrons. The van der Waals surface area contributed by atoms with Crippen LogP contribution in [0.15, 0.2) is 67.4 Å². The van der Waals surface area contributed by atoms with E-state index in [-0.39, 0.29) is 63.3 Å². The van der Waals surface area contributed by atoms with Crippen LogP contribution in [0.5, 0.6) is 0 Å². The molecule has 0 saturated carbocycles. The van der Waals surface area contributed by atoms with Crippen LogP contribution in [0.2, 0.25) is 0 Å². The molecular weight excluding hydrogens is 449 g/mol. The Labute approximate surface area is 223 Å². The first-order chi connectivity index (χ1) is 16.7. The molecule has 0 N–H and O–H groups in total. The van der Waals surface area contributed by atoms with Crippen molar-refractivity contribution in [1.29, 1.82) is 26.3 Å². The molecule has 0 bridgehead atoms. The largest absolute Gasteiger partial charge is 0.265 e. The van der Waals surface area contributed by atoms with E-state index in [4.69, 9.17) is 15.8 Å². The molecule has 4 aromatic heterocycles. The van der Waals surface area contributed by atoms with Crippen LogP contribution in [0.25, 0.3) is 22.3 Å². The summed E-state index contributed by atoms with van der Waals surface area (Å²) in [5, 5.41) is 45.6. The van der Waals surface area contributed by atoms with Gasteiger partial charge >= 0.3 is 0 Å². The number of nitrogens with zero attached hydrogens (tertiary/aromatic N) is 9. The van der Waals surface area contributed by atoms with Crippen molar-refractivity contribution in [2.75, 3.05) is 0 Å². The minimum atomic E-state index is -0.247. The van der Waals surface area contributed by atoms with Gasteiger partial charge in [0.05, 0.1) is 11.1 Å². The smallest absolute Gasteiger partial charge is 0.160 e. The molecule has 4 rings (SSSR count). The maximum atomic E-state index is 9.29. The predicted octanol–water partition coefficient (Wildman–Crippen LogP) is 3.26. The molecule has 0 spiro atoms. The van der Waals surface area contributed by atoms with Gasteiger partial charge in [0.1, 0.15) is 36.0 Å². The molecule has 0 amide bonds. The van der Waals surface area contributed by atoms with E-state index in [1.165, 1.54) is 29.5 Å². The summed E-state index contributed by atoms with van der Waals surface area (Å²) in [5.74, 6) is 0. The third-order valence-corrected chi connectivity index (χ3v) is 4.49. The van der Waals surface area contributed by atoms with Crippen molar-refractivity contribution < 1.29 is 0 Å². The Hall–Kier alpha value is -4.95. The fourth-order valence-corrected chi connectivity index (χ4v) is 2.99. The first kappa shape index (κ1) is 26.3. The first-order valence-electron chi connectivity index (χ1n) is 9.52. The number of hydrogen-bond donors (Lipinski definition) is 0. The summed E-state index contributed by atoms with van der Waals surface area (Å²) >= 11 is 0. The Morgan fingerprint density at radius 1 is 0.543 bits per heavy atom. The molecule has 0 saturated heterocycles. The standard InChI is InChI=1S/C15H3N7.C10H8N2.Na/c16-4-10-3-9(1-2-21-10)15-11(5-17)13(7-19)22-14(8-20)12(15)6-18;1-5-11-6-2-9(1)10-3-7-12-8-4-10;/h1-3H;1-8H;. The molecular formula is C25H11N9Na. The average Bonchev–Trinajstić information content (AvgIpc) is 2.93. The van der Waals surface area contributed by atoms with Crippen LogP contribution in [0, 0.1) is 56.7 Å². The molecule has 0 atom stereocenters. The Balaban J connectivity index is 0.000000280. The second kappa shape index (κ2) is 12.9. The summed E-state index contributed by atoms with van der Waals surface area (Å²) < 4.78 is 0. The number of pyridine rings is 4. The van der Waals surface area contributed by atoms with Gasteiger partial charge in [-0.25, -0.2) is 9.97 Å². The van der Waals surface area contributed by atoms with Gasteiger partial charge in [-0.1, -0.05) is 0 Å². The fourth-order valence-electron chi connectivity index (χ4n) is 2.99. The fraction of sp³-hybridized carbons (Fsp3) is 0. The van der Waals surface area contributed by atoms with Gasteiger partial charge in [-0.05, 0) is 53.1 Å². The summed E-state index contributed by atoms with van der Waals surface area (Å²) in [5.41, 5.74) is 2.15. The Morgan fingerprint density at radius 2 is 1.00 bits per heavy atom. The topological polar surface area (TPSA) is 171 Å². The molecule has 4 heterocycles. The molecule has 0 fully saturated rings. The molecule has 0 aliphatic heterocycles. The van der Waals surface area contributed by atoms with Crippen LogP contribution >= 0.6 is 0 Å². The van der Waals surface area contributed by atoms with E-state index in [9.17, 15) is 10.5 Å². The summed E-state index contributed by atoms with van der Waals surface area (Å²) in [6, 6.07) is 19.8. The van der Waals surface area contributed by atoms with Crippen molar-refractivity contribution >= 4 is 29.6 Å². The molecule has 10 heteroatoms. The molecule has 35 heavy (non-hydrogen) atoms. The normalized spacial score (nSPS) is 8.77. The van der Waals surface area contributed by atoms with Crippen molar-refractivity contribution in [2.24, 2.45) is 0 Å². The van der Waals surface area contributed by atoms with E-state index in [1.807, 2.05) is 42.5 Å². The number of aromatic nitrogens is 4. The Bertz CT molecular complexity index is 1460. The minimum Gasteiger partial charge on any atom is -0.265 e. The van der Waals surface area contributed by atoms with Crippen LogP contribution in [0.4, 0.5) is 0 Å². The SMILES string of the molecule is N#Cc1cc(-c2c(C#N)c(C#N)nc(C#N)c2C#N)ccn1.[Na].c1cc(-c2ccncc2)ccn1. The van der Waals surface area contributed by atoms with Crippen molar-refractivity contribution in [2.45, 2.75) is 0 Å². The third kappa shape index (κ3) is 6.10. The Kier molecular flexibility index (Phi) is 9.71. The molecule has 0 aliphatic carbocycles. The van der Waals surface area contributed by atoms with Gasteiger partial charge < -0.3 is 0 Å². The third-order valence-electron chi connectivity index (χ3n) is 4.49. The number of hydrogen-bond acceptors (Lipinski definition) is 9. The zero-order chi connectivity index (χ0) is 24.3. The summed E-state index contributed by atoms with van der Waals surface area (Å²) in [6.45, 7) is 0. The molecule has 9 nitrogen and oxygen atoms in total. The number of rotatable bonds is 2. The van der Waals surface area contributed by atoms with Crippen LogP contribution in [-0.4, -0.2) is 49.5 Å². The maximum Gasteiger partial charge on any atom is 0.160 e. The van der Waals surface area contributed by atoms with Crippen LogP contribution in [-0.2, 0) is 0 Å². The van der Waals surface area contributed by atoms with Crippen molar-refractivity contribution in [3.8, 4) is 52.6 Å². The summed E-state index contributed by atoms with van der Waals surface area (Å²) in [6.07, 6.45) is 8.49. The van der Waals surface area contributed by atoms with Gasteiger partial charge in [-0.3, -0.25) is 9.97 Å². The van der Waals surface area contributed by atoms with E-state index in [0.29, 0.717) is 5.56 Å². The molecule has 4 aromatic rings. The molecule has 1 radical (unpaired) electrons. The van der Waals surface area contributed by atoms with Crippen molar-refractivity contribution in [3.63, 3.8) is 0 Å². The predicted molar refractivity (Wildman–Crippen MR) is 124 cm³/mol. The van der Waals surface area contributed by atoms with Gasteiger partial charge in [0, 0.05) is 66.1 Å². The second-order valence-electron chi connectivity index (χ2n) is 6.39. The van der Waals surface area contributed by atoms with E-state index in [0.717, 1.165) is 0 Å². The zero-order valence-electron chi connectivity index (χ0n) is 18.4. The van der Waals surface area contributed by atoms with Gasteiger partial charge in [-0.2, -0.15) is 26.3 Å². The van der Waals surface area contributed by atoms with Gasteiger partial charge in [-0.15, -0.1) is 0 Å². The van der Waals surface area contributed by atoms with Crippen LogP contribution < -0.4 is 0 Å². The van der Waals surface area contributed by atoms with Gasteiger partial charge in [0.25, 0.3) is 0 Å². The zero-order valence-corrected chi connectivity index (χ0v) is 20.4. The molecule has 0 unspecified atom stereocenters. The van der Waals surface area contributed by atoms with E-state index in [2.05, 4.69) is 19.9 Å². The second-order valence-corrected chi connectivity index (χ2v) is 6.39. The van der Waals surface area contributed by atoms with E-state index in [1.54, 1.807) is 36.9 Å². The summed E-state index contributed by atoms with van der Waals surface area (Å²) in [7, 11) is 0. The quantitative estimate of drug-likeness (QED) is 0.407. The monoisotopic (exact) mass is 460 g/mol. The minimum absolute atomic E-state index is 0. The summed E-state index contributed by atoms with van der Waals surface area (Å²) in [4.78, 5) is 15.4. The molecule has 0 aromatic carbocycles. The molecule has 0 aliphatic rings. The Morgan fingerprint density at radius 3 is 1.40 bits per heavy atom. The van der Waals surface area contributed by atoms with E-state index < -0.39 is 0 Å². The maximum absolute atomic E-state index is 9.29. The van der Waals surface area contributed by atoms with Crippen LogP contribution in [0.1, 0.15) is 28.2 Å². The van der Waals surface area contributed by atoms with E-state index >= 15 is 0 Å². The number of nitriles is 5. The van der Waals surface area contributed by atoms with Gasteiger partial charge in [0.2, 0.25) is 0 Å². The van der Waals surface area contributed by atoms with Crippen molar-refractivity contribution in [1.82, 2.24) is 19.9 Å². The van der Waals surface area contributed by atoms with Gasteiger partial charge in [0.15, 0.2) is 11.4 Å². The first-order valence-corrected chi connectivity index (χ1v) is 9.52. The van der Waals surface area contributed by atoms with Crippen LogP contribution in [0.3, 0.4) is 0 Å². The average molecular weight is 460 g/mol. The van der Waals surface area contributed by atoms with Crippen molar-refractivity contribution in [3.05, 3.63) is 95.6 Å².